The molecular weight excluding hydrogens is 417 g/mol. The monoisotopic (exact) mass is 447 g/mol. The van der Waals surface area contributed by atoms with Crippen molar-refractivity contribution in [2.24, 2.45) is 4.99 Å². The molecule has 6 heteroatoms. The summed E-state index contributed by atoms with van der Waals surface area (Å²) in [6, 6.07) is 8.49. The maximum absolute atomic E-state index is 5.71. The van der Waals surface area contributed by atoms with Crippen LogP contribution in [0.15, 0.2) is 29.3 Å². The number of guanidine groups is 1. The molecule has 0 aromatic heterocycles. The van der Waals surface area contributed by atoms with Crippen LogP contribution in [0.25, 0.3) is 0 Å². The van der Waals surface area contributed by atoms with E-state index in [9.17, 15) is 0 Å². The lowest BCUT2D eigenvalue weighted by Crippen LogP contribution is -2.46. The topological polar surface area (TPSA) is 46.1 Å². The Morgan fingerprint density at radius 2 is 1.83 bits per heavy atom. The molecule has 0 radical (unpaired) electrons. The molecule has 0 aliphatic carbocycles. The number of aliphatic imine (C=N–C) groups is 1. The van der Waals surface area contributed by atoms with Crippen LogP contribution in [0.4, 0.5) is 0 Å². The van der Waals surface area contributed by atoms with E-state index in [4.69, 9.17) is 9.47 Å². The summed E-state index contributed by atoms with van der Waals surface area (Å²) in [6.45, 7) is 6.30. The minimum atomic E-state index is 0. The molecule has 1 saturated heterocycles. The number of ether oxygens (including phenoxy) is 2. The molecule has 1 fully saturated rings. The molecular formula is C18H30IN3O2. The predicted octanol–water partition coefficient (Wildman–Crippen LogP) is 3.03. The van der Waals surface area contributed by atoms with Gasteiger partial charge in [0.05, 0.1) is 12.7 Å². The van der Waals surface area contributed by atoms with Crippen LogP contribution >= 0.6 is 24.0 Å². The third kappa shape index (κ3) is 6.57. The maximum atomic E-state index is 5.71. The molecule has 1 aromatic carbocycles. The SMILES string of the molecule is CCOC1CCN(C(=NC)NCc2ccc(COC)cc2)CC1.I. The summed E-state index contributed by atoms with van der Waals surface area (Å²) < 4.78 is 10.8. The second kappa shape index (κ2) is 11.7. The maximum Gasteiger partial charge on any atom is 0.193 e. The van der Waals surface area contributed by atoms with Gasteiger partial charge in [-0.15, -0.1) is 24.0 Å². The van der Waals surface area contributed by atoms with Gasteiger partial charge in [0.2, 0.25) is 0 Å². The summed E-state index contributed by atoms with van der Waals surface area (Å²) in [5.41, 5.74) is 2.44. The van der Waals surface area contributed by atoms with E-state index in [2.05, 4.69) is 46.4 Å². The molecule has 0 atom stereocenters. The van der Waals surface area contributed by atoms with Gasteiger partial charge in [-0.3, -0.25) is 4.99 Å². The van der Waals surface area contributed by atoms with Gasteiger partial charge < -0.3 is 19.7 Å². The second-order valence-corrected chi connectivity index (χ2v) is 5.79. The zero-order valence-corrected chi connectivity index (χ0v) is 17.3. The first-order valence-corrected chi connectivity index (χ1v) is 8.40. The number of benzene rings is 1. The van der Waals surface area contributed by atoms with E-state index in [1.165, 1.54) is 11.1 Å². The summed E-state index contributed by atoms with van der Waals surface area (Å²) in [4.78, 5) is 6.73. The number of piperidine rings is 1. The van der Waals surface area contributed by atoms with Gasteiger partial charge in [-0.05, 0) is 30.9 Å². The van der Waals surface area contributed by atoms with Crippen LogP contribution in [0, 0.1) is 0 Å². The Kier molecular flexibility index (Phi) is 10.3. The van der Waals surface area contributed by atoms with E-state index in [1.54, 1.807) is 7.11 Å². The van der Waals surface area contributed by atoms with Gasteiger partial charge in [0.25, 0.3) is 0 Å². The van der Waals surface area contributed by atoms with Crippen LogP contribution in [0.2, 0.25) is 0 Å². The molecule has 0 amide bonds. The first kappa shape index (κ1) is 21.2. The normalized spacial score (nSPS) is 16.0. The molecule has 1 aliphatic rings. The van der Waals surface area contributed by atoms with E-state index in [-0.39, 0.29) is 24.0 Å². The molecule has 0 spiro atoms. The molecule has 2 rings (SSSR count). The first-order chi connectivity index (χ1) is 11.3. The minimum absolute atomic E-state index is 0. The first-order valence-electron chi connectivity index (χ1n) is 8.40. The summed E-state index contributed by atoms with van der Waals surface area (Å²) in [5, 5.41) is 3.46. The molecule has 5 nitrogen and oxygen atoms in total. The molecule has 1 aliphatic heterocycles. The lowest BCUT2D eigenvalue weighted by molar-refractivity contribution is 0.0263. The van der Waals surface area contributed by atoms with E-state index in [0.29, 0.717) is 12.7 Å². The summed E-state index contributed by atoms with van der Waals surface area (Å²) >= 11 is 0. The van der Waals surface area contributed by atoms with E-state index < -0.39 is 0 Å². The number of hydrogen-bond donors (Lipinski definition) is 1. The number of likely N-dealkylation sites (tertiary alicyclic amines) is 1. The third-order valence-corrected chi connectivity index (χ3v) is 4.14. The van der Waals surface area contributed by atoms with Crippen LogP contribution in [-0.2, 0) is 22.6 Å². The Morgan fingerprint density at radius 3 is 2.38 bits per heavy atom. The van der Waals surface area contributed by atoms with Crippen molar-refractivity contribution in [2.45, 2.75) is 39.0 Å². The molecule has 0 unspecified atom stereocenters. The van der Waals surface area contributed by atoms with Crippen LogP contribution in [0.1, 0.15) is 30.9 Å². The largest absolute Gasteiger partial charge is 0.380 e. The fourth-order valence-electron chi connectivity index (χ4n) is 2.90. The zero-order valence-electron chi connectivity index (χ0n) is 15.0. The Bertz CT molecular complexity index is 486. The fourth-order valence-corrected chi connectivity index (χ4v) is 2.90. The Labute approximate surface area is 162 Å². The van der Waals surface area contributed by atoms with Crippen LogP contribution in [-0.4, -0.2) is 50.8 Å². The highest BCUT2D eigenvalue weighted by molar-refractivity contribution is 14.0. The van der Waals surface area contributed by atoms with Crippen LogP contribution in [0.3, 0.4) is 0 Å². The van der Waals surface area contributed by atoms with E-state index in [1.807, 2.05) is 7.05 Å². The number of nitrogens with zero attached hydrogens (tertiary/aromatic N) is 2. The van der Waals surface area contributed by atoms with Crippen LogP contribution < -0.4 is 5.32 Å². The summed E-state index contributed by atoms with van der Waals surface area (Å²) in [6.07, 6.45) is 2.54. The quantitative estimate of drug-likeness (QED) is 0.414. The highest BCUT2D eigenvalue weighted by Crippen LogP contribution is 2.14. The molecule has 24 heavy (non-hydrogen) atoms. The number of rotatable bonds is 6. The Hall–Kier alpha value is -0.860. The smallest absolute Gasteiger partial charge is 0.193 e. The van der Waals surface area contributed by atoms with Gasteiger partial charge in [-0.2, -0.15) is 0 Å². The lowest BCUT2D eigenvalue weighted by Gasteiger charge is -2.34. The minimum Gasteiger partial charge on any atom is -0.380 e. The second-order valence-electron chi connectivity index (χ2n) is 5.79. The van der Waals surface area contributed by atoms with Crippen molar-refractivity contribution < 1.29 is 9.47 Å². The molecule has 0 saturated carbocycles. The number of methoxy groups -OCH3 is 1. The number of nitrogens with one attached hydrogen (secondary N) is 1. The zero-order chi connectivity index (χ0) is 16.5. The highest BCUT2D eigenvalue weighted by atomic mass is 127. The number of halogens is 1. The van der Waals surface area contributed by atoms with Crippen molar-refractivity contribution >= 4 is 29.9 Å². The van der Waals surface area contributed by atoms with Crippen molar-refractivity contribution in [3.05, 3.63) is 35.4 Å². The van der Waals surface area contributed by atoms with Crippen molar-refractivity contribution in [3.8, 4) is 0 Å². The van der Waals surface area contributed by atoms with Gasteiger partial charge in [0, 0.05) is 40.4 Å². The van der Waals surface area contributed by atoms with Gasteiger partial charge >= 0.3 is 0 Å². The van der Waals surface area contributed by atoms with Gasteiger partial charge in [-0.1, -0.05) is 24.3 Å². The van der Waals surface area contributed by atoms with Gasteiger partial charge in [0.1, 0.15) is 0 Å². The summed E-state index contributed by atoms with van der Waals surface area (Å²) in [5.74, 6) is 0.973. The Morgan fingerprint density at radius 1 is 1.21 bits per heavy atom. The standard InChI is InChI=1S/C18H29N3O2.HI/c1-4-23-17-9-11-21(12-10-17)18(19-2)20-13-15-5-7-16(8-6-15)14-22-3;/h5-8,17H,4,9-14H2,1-3H3,(H,19,20);1H. The average molecular weight is 447 g/mol. The molecule has 136 valence electrons. The molecule has 1 heterocycles. The van der Waals surface area contributed by atoms with E-state index >= 15 is 0 Å². The Balaban J connectivity index is 0.00000288. The molecule has 1 aromatic rings. The number of hydrogen-bond acceptors (Lipinski definition) is 3. The van der Waals surface area contributed by atoms with Crippen molar-refractivity contribution in [3.63, 3.8) is 0 Å². The third-order valence-electron chi connectivity index (χ3n) is 4.14. The van der Waals surface area contributed by atoms with Gasteiger partial charge in [-0.25, -0.2) is 0 Å². The van der Waals surface area contributed by atoms with Crippen molar-refractivity contribution in [1.29, 1.82) is 0 Å². The lowest BCUT2D eigenvalue weighted by atomic mass is 10.1. The molecule has 1 N–H and O–H groups in total. The van der Waals surface area contributed by atoms with Crippen LogP contribution in [0.5, 0.6) is 0 Å². The van der Waals surface area contributed by atoms with Gasteiger partial charge in [0.15, 0.2) is 5.96 Å². The average Bonchev–Trinajstić information content (AvgIpc) is 2.59. The van der Waals surface area contributed by atoms with Crippen molar-refractivity contribution in [1.82, 2.24) is 10.2 Å². The predicted molar refractivity (Wildman–Crippen MR) is 109 cm³/mol. The highest BCUT2D eigenvalue weighted by Gasteiger charge is 2.21. The van der Waals surface area contributed by atoms with E-state index in [0.717, 1.165) is 45.0 Å². The van der Waals surface area contributed by atoms with Crippen molar-refractivity contribution in [2.75, 3.05) is 33.9 Å². The fraction of sp³-hybridized carbons (Fsp3) is 0.611. The molecule has 0 bridgehead atoms. The summed E-state index contributed by atoms with van der Waals surface area (Å²) in [7, 11) is 3.56.